The summed E-state index contributed by atoms with van der Waals surface area (Å²) >= 11 is 0. The van der Waals surface area contributed by atoms with Gasteiger partial charge in [-0.25, -0.2) is 0 Å². The molecule has 0 radical (unpaired) electrons. The van der Waals surface area contributed by atoms with E-state index in [9.17, 15) is 4.79 Å². The molecule has 2 aromatic rings. The second kappa shape index (κ2) is 6.32. The van der Waals surface area contributed by atoms with Gasteiger partial charge in [0.05, 0.1) is 6.10 Å². The number of benzene rings is 1. The third kappa shape index (κ3) is 3.20. The first-order valence-electron chi connectivity index (χ1n) is 7.52. The van der Waals surface area contributed by atoms with Gasteiger partial charge in [-0.15, -0.1) is 0 Å². The van der Waals surface area contributed by atoms with E-state index in [0.717, 1.165) is 29.7 Å². The van der Waals surface area contributed by atoms with Gasteiger partial charge in [-0.05, 0) is 30.9 Å². The standard InChI is InChI=1S/C17H20N2O3/c1-11-5-3-4-6-13(11)16(21-2)10-18-17(20)14-9-15(22-19-14)12-7-8-12/h3-6,9,12,16H,7-8,10H2,1-2H3,(H,18,20). The average molecular weight is 300 g/mol. The first-order valence-corrected chi connectivity index (χ1v) is 7.52. The Bertz CT molecular complexity index is 661. The van der Waals surface area contributed by atoms with Crippen LogP contribution in [0.1, 0.15) is 52.2 Å². The maximum atomic E-state index is 12.1. The number of aryl methyl sites for hydroxylation is 1. The number of hydrogen-bond acceptors (Lipinski definition) is 4. The first-order chi connectivity index (χ1) is 10.7. The minimum absolute atomic E-state index is 0.181. The van der Waals surface area contributed by atoms with Crippen molar-refractivity contribution in [2.75, 3.05) is 13.7 Å². The van der Waals surface area contributed by atoms with Crippen LogP contribution < -0.4 is 5.32 Å². The minimum atomic E-state index is -0.230. The minimum Gasteiger partial charge on any atom is -0.375 e. The Hall–Kier alpha value is -2.14. The lowest BCUT2D eigenvalue weighted by Crippen LogP contribution is -2.29. The zero-order valence-electron chi connectivity index (χ0n) is 12.8. The van der Waals surface area contributed by atoms with E-state index >= 15 is 0 Å². The van der Waals surface area contributed by atoms with Crippen LogP contribution in [-0.4, -0.2) is 24.7 Å². The van der Waals surface area contributed by atoms with Crippen LogP contribution in [0, 0.1) is 6.92 Å². The number of carbonyl (C=O) groups is 1. The molecule has 1 aliphatic carbocycles. The molecule has 5 nitrogen and oxygen atoms in total. The number of ether oxygens (including phenoxy) is 1. The molecule has 1 N–H and O–H groups in total. The normalized spacial score (nSPS) is 15.5. The SMILES string of the molecule is COC(CNC(=O)c1cc(C2CC2)on1)c1ccccc1C. The van der Waals surface area contributed by atoms with Gasteiger partial charge in [-0.2, -0.15) is 0 Å². The van der Waals surface area contributed by atoms with Crippen molar-refractivity contribution in [2.45, 2.75) is 31.8 Å². The molecule has 1 amide bonds. The van der Waals surface area contributed by atoms with E-state index in [-0.39, 0.29) is 12.0 Å². The number of nitrogens with one attached hydrogen (secondary N) is 1. The summed E-state index contributed by atoms with van der Waals surface area (Å²) in [6.07, 6.45) is 2.06. The van der Waals surface area contributed by atoms with Crippen molar-refractivity contribution in [3.63, 3.8) is 0 Å². The lowest BCUT2D eigenvalue weighted by atomic mass is 10.0. The molecular formula is C17H20N2O3. The number of hydrogen-bond donors (Lipinski definition) is 1. The predicted octanol–water partition coefficient (Wildman–Crippen LogP) is 2.98. The number of methoxy groups -OCH3 is 1. The Labute approximate surface area is 129 Å². The third-order valence-electron chi connectivity index (χ3n) is 4.01. The van der Waals surface area contributed by atoms with Crippen molar-refractivity contribution in [3.8, 4) is 0 Å². The zero-order valence-corrected chi connectivity index (χ0v) is 12.8. The maximum absolute atomic E-state index is 12.1. The smallest absolute Gasteiger partial charge is 0.273 e. The molecular weight excluding hydrogens is 280 g/mol. The number of carbonyl (C=O) groups excluding carboxylic acids is 1. The van der Waals surface area contributed by atoms with Gasteiger partial charge in [-0.1, -0.05) is 29.4 Å². The number of nitrogens with zero attached hydrogens (tertiary/aromatic N) is 1. The van der Waals surface area contributed by atoms with Gasteiger partial charge in [0, 0.05) is 25.6 Å². The monoisotopic (exact) mass is 300 g/mol. The topological polar surface area (TPSA) is 64.4 Å². The van der Waals surface area contributed by atoms with Crippen LogP contribution in [0.2, 0.25) is 0 Å². The van der Waals surface area contributed by atoms with Crippen LogP contribution in [0.15, 0.2) is 34.9 Å². The number of rotatable bonds is 6. The molecule has 1 unspecified atom stereocenters. The van der Waals surface area contributed by atoms with Crippen molar-refractivity contribution in [1.82, 2.24) is 10.5 Å². The quantitative estimate of drug-likeness (QED) is 0.890. The van der Waals surface area contributed by atoms with Crippen molar-refractivity contribution < 1.29 is 14.1 Å². The molecule has 0 bridgehead atoms. The molecule has 1 heterocycles. The molecule has 1 fully saturated rings. The van der Waals surface area contributed by atoms with Gasteiger partial charge >= 0.3 is 0 Å². The van der Waals surface area contributed by atoms with Crippen molar-refractivity contribution in [3.05, 3.63) is 52.9 Å². The summed E-state index contributed by atoms with van der Waals surface area (Å²) in [6, 6.07) is 9.73. The second-order valence-electron chi connectivity index (χ2n) is 5.68. The molecule has 5 heteroatoms. The summed E-state index contributed by atoms with van der Waals surface area (Å²) < 4.78 is 10.7. The highest BCUT2D eigenvalue weighted by Gasteiger charge is 2.29. The van der Waals surface area contributed by atoms with Crippen LogP contribution in [-0.2, 0) is 4.74 Å². The largest absolute Gasteiger partial charge is 0.375 e. The third-order valence-corrected chi connectivity index (χ3v) is 4.01. The van der Waals surface area contributed by atoms with Crippen molar-refractivity contribution in [2.24, 2.45) is 0 Å². The first kappa shape index (κ1) is 14.8. The van der Waals surface area contributed by atoms with Gasteiger partial charge in [0.15, 0.2) is 5.69 Å². The lowest BCUT2D eigenvalue weighted by molar-refractivity contribution is 0.0819. The van der Waals surface area contributed by atoms with Gasteiger partial charge in [0.1, 0.15) is 5.76 Å². The molecule has 1 saturated carbocycles. The Morgan fingerprint density at radius 3 is 2.91 bits per heavy atom. The Morgan fingerprint density at radius 1 is 1.45 bits per heavy atom. The van der Waals surface area contributed by atoms with E-state index in [0.29, 0.717) is 18.2 Å². The Balaban J connectivity index is 1.62. The molecule has 22 heavy (non-hydrogen) atoms. The van der Waals surface area contributed by atoms with Gasteiger partial charge in [-0.3, -0.25) is 4.79 Å². The molecule has 0 saturated heterocycles. The van der Waals surface area contributed by atoms with Gasteiger partial charge < -0.3 is 14.6 Å². The van der Waals surface area contributed by atoms with Crippen molar-refractivity contribution >= 4 is 5.91 Å². The second-order valence-corrected chi connectivity index (χ2v) is 5.68. The van der Waals surface area contributed by atoms with Gasteiger partial charge in [0.25, 0.3) is 5.91 Å². The Kier molecular flexibility index (Phi) is 4.24. The molecule has 0 spiro atoms. The van der Waals surface area contributed by atoms with Crippen LogP contribution in [0.5, 0.6) is 0 Å². The molecule has 116 valence electrons. The fourth-order valence-electron chi connectivity index (χ4n) is 2.50. The summed E-state index contributed by atoms with van der Waals surface area (Å²) in [4.78, 5) is 12.1. The molecule has 1 aromatic carbocycles. The van der Waals surface area contributed by atoms with Gasteiger partial charge in [0.2, 0.25) is 0 Å². The van der Waals surface area contributed by atoms with E-state index in [1.54, 1.807) is 13.2 Å². The highest BCUT2D eigenvalue weighted by molar-refractivity contribution is 5.92. The lowest BCUT2D eigenvalue weighted by Gasteiger charge is -2.18. The van der Waals surface area contributed by atoms with E-state index in [1.807, 2.05) is 31.2 Å². The molecule has 1 atom stereocenters. The van der Waals surface area contributed by atoms with Crippen LogP contribution in [0.3, 0.4) is 0 Å². The zero-order chi connectivity index (χ0) is 15.5. The molecule has 1 aliphatic rings. The summed E-state index contributed by atoms with van der Waals surface area (Å²) in [5.41, 5.74) is 2.55. The fraction of sp³-hybridized carbons (Fsp3) is 0.412. The fourth-order valence-corrected chi connectivity index (χ4v) is 2.50. The van der Waals surface area contributed by atoms with Crippen LogP contribution in [0.25, 0.3) is 0 Å². The number of amides is 1. The van der Waals surface area contributed by atoms with E-state index < -0.39 is 0 Å². The van der Waals surface area contributed by atoms with Crippen LogP contribution in [0.4, 0.5) is 0 Å². The summed E-state index contributed by atoms with van der Waals surface area (Å²) in [6.45, 7) is 2.43. The van der Waals surface area contributed by atoms with E-state index in [2.05, 4.69) is 10.5 Å². The number of aromatic nitrogens is 1. The molecule has 1 aromatic heterocycles. The predicted molar refractivity (Wildman–Crippen MR) is 81.7 cm³/mol. The summed E-state index contributed by atoms with van der Waals surface area (Å²) in [5, 5.41) is 6.71. The summed E-state index contributed by atoms with van der Waals surface area (Å²) in [5.74, 6) is 1.03. The highest BCUT2D eigenvalue weighted by Crippen LogP contribution is 2.40. The average Bonchev–Trinajstić information content (AvgIpc) is 3.26. The summed E-state index contributed by atoms with van der Waals surface area (Å²) in [7, 11) is 1.64. The van der Waals surface area contributed by atoms with Crippen molar-refractivity contribution in [1.29, 1.82) is 0 Å². The van der Waals surface area contributed by atoms with Crippen LogP contribution >= 0.6 is 0 Å². The van der Waals surface area contributed by atoms with E-state index in [4.69, 9.17) is 9.26 Å². The Morgan fingerprint density at radius 2 is 2.23 bits per heavy atom. The highest BCUT2D eigenvalue weighted by atomic mass is 16.5. The van der Waals surface area contributed by atoms with E-state index in [1.165, 1.54) is 0 Å². The molecule has 0 aliphatic heterocycles. The maximum Gasteiger partial charge on any atom is 0.273 e. The molecule has 3 rings (SSSR count).